The summed E-state index contributed by atoms with van der Waals surface area (Å²) in [5, 5.41) is 7.53. The number of guanidine groups is 1. The van der Waals surface area contributed by atoms with E-state index in [1.54, 1.807) is 7.05 Å². The fraction of sp³-hybridized carbons (Fsp3) is 0.667. The van der Waals surface area contributed by atoms with Crippen molar-refractivity contribution in [2.75, 3.05) is 26.8 Å². The normalized spacial score (nSPS) is 12.0. The van der Waals surface area contributed by atoms with E-state index >= 15 is 0 Å². The number of nitrogens with zero attached hydrogens (tertiary/aromatic N) is 2. The maximum atomic E-state index is 6.04. The van der Waals surface area contributed by atoms with Gasteiger partial charge in [-0.1, -0.05) is 37.0 Å². The molecule has 5 nitrogen and oxygen atoms in total. The van der Waals surface area contributed by atoms with Crippen molar-refractivity contribution in [2.24, 2.45) is 18.0 Å². The molecule has 0 aliphatic heterocycles. The standard InChI is InChI=1S/C15H26Cl2N4O/c1-11(2)5-7-22-8-6-19-15(18-3)20-10-12-9-13(16)14(17)21(12)4/h9,11H,5-8,10H2,1-4H3,(H2,18,19,20). The molecule has 0 aliphatic rings. The van der Waals surface area contributed by atoms with Crippen LogP contribution in [-0.2, 0) is 18.3 Å². The van der Waals surface area contributed by atoms with Crippen molar-refractivity contribution in [3.05, 3.63) is 21.9 Å². The van der Waals surface area contributed by atoms with Crippen LogP contribution in [0.15, 0.2) is 11.1 Å². The lowest BCUT2D eigenvalue weighted by Crippen LogP contribution is -2.38. The van der Waals surface area contributed by atoms with Crippen LogP contribution in [0.1, 0.15) is 26.0 Å². The fourth-order valence-corrected chi connectivity index (χ4v) is 2.23. The first-order chi connectivity index (χ1) is 10.5. The topological polar surface area (TPSA) is 50.6 Å². The molecule has 0 amide bonds. The predicted molar refractivity (Wildman–Crippen MR) is 93.9 cm³/mol. The number of nitrogens with one attached hydrogen (secondary N) is 2. The number of hydrogen-bond acceptors (Lipinski definition) is 2. The van der Waals surface area contributed by atoms with Gasteiger partial charge in [0, 0.05) is 32.9 Å². The van der Waals surface area contributed by atoms with Gasteiger partial charge in [0.15, 0.2) is 5.96 Å². The molecule has 126 valence electrons. The molecule has 0 bridgehead atoms. The van der Waals surface area contributed by atoms with Crippen LogP contribution in [0.25, 0.3) is 0 Å². The Morgan fingerprint density at radius 1 is 1.32 bits per heavy atom. The van der Waals surface area contributed by atoms with Crippen molar-refractivity contribution in [3.8, 4) is 0 Å². The minimum atomic E-state index is 0.542. The van der Waals surface area contributed by atoms with Crippen LogP contribution in [0.4, 0.5) is 0 Å². The summed E-state index contributed by atoms with van der Waals surface area (Å²) in [7, 11) is 3.61. The molecule has 1 aromatic heterocycles. The molecule has 1 aromatic rings. The SMILES string of the molecule is CN=C(NCCOCCC(C)C)NCc1cc(Cl)c(Cl)n1C. The zero-order valence-electron chi connectivity index (χ0n) is 13.7. The second kappa shape index (κ2) is 9.98. The van der Waals surface area contributed by atoms with E-state index in [9.17, 15) is 0 Å². The maximum Gasteiger partial charge on any atom is 0.191 e. The van der Waals surface area contributed by atoms with Crippen molar-refractivity contribution < 1.29 is 4.74 Å². The van der Waals surface area contributed by atoms with Gasteiger partial charge in [-0.15, -0.1) is 0 Å². The predicted octanol–water partition coefficient (Wildman–Crippen LogP) is 3.06. The van der Waals surface area contributed by atoms with Gasteiger partial charge in [0.25, 0.3) is 0 Å². The highest BCUT2D eigenvalue weighted by atomic mass is 35.5. The van der Waals surface area contributed by atoms with Gasteiger partial charge < -0.3 is 19.9 Å². The third-order valence-corrected chi connectivity index (χ3v) is 4.10. The Bertz CT molecular complexity index is 486. The Hall–Kier alpha value is -0.910. The van der Waals surface area contributed by atoms with Crippen LogP contribution in [-0.4, -0.2) is 37.3 Å². The zero-order chi connectivity index (χ0) is 16.5. The first kappa shape index (κ1) is 19.1. The van der Waals surface area contributed by atoms with Gasteiger partial charge in [-0.2, -0.15) is 0 Å². The highest BCUT2D eigenvalue weighted by Crippen LogP contribution is 2.24. The van der Waals surface area contributed by atoms with Crippen LogP contribution >= 0.6 is 23.2 Å². The van der Waals surface area contributed by atoms with Crippen molar-refractivity contribution in [1.82, 2.24) is 15.2 Å². The summed E-state index contributed by atoms with van der Waals surface area (Å²) >= 11 is 12.0. The summed E-state index contributed by atoms with van der Waals surface area (Å²) in [6.07, 6.45) is 1.09. The quantitative estimate of drug-likeness (QED) is 0.431. The number of hydrogen-bond donors (Lipinski definition) is 2. The van der Waals surface area contributed by atoms with Gasteiger partial charge in [-0.25, -0.2) is 0 Å². The largest absolute Gasteiger partial charge is 0.380 e. The Morgan fingerprint density at radius 2 is 2.05 bits per heavy atom. The van der Waals surface area contributed by atoms with Crippen molar-refractivity contribution in [2.45, 2.75) is 26.8 Å². The molecular weight excluding hydrogens is 323 g/mol. The number of aliphatic imine (C=N–C) groups is 1. The van der Waals surface area contributed by atoms with Crippen molar-refractivity contribution in [3.63, 3.8) is 0 Å². The molecule has 7 heteroatoms. The van der Waals surface area contributed by atoms with Gasteiger partial charge in [-0.3, -0.25) is 4.99 Å². The molecule has 1 heterocycles. The Kier molecular flexibility index (Phi) is 8.68. The average Bonchev–Trinajstić information content (AvgIpc) is 2.72. The highest BCUT2D eigenvalue weighted by molar-refractivity contribution is 6.41. The molecule has 0 saturated carbocycles. The summed E-state index contributed by atoms with van der Waals surface area (Å²) in [4.78, 5) is 4.17. The van der Waals surface area contributed by atoms with E-state index < -0.39 is 0 Å². The Morgan fingerprint density at radius 3 is 2.59 bits per heavy atom. The summed E-state index contributed by atoms with van der Waals surface area (Å²) < 4.78 is 7.40. The van der Waals surface area contributed by atoms with Gasteiger partial charge in [0.2, 0.25) is 0 Å². The van der Waals surface area contributed by atoms with E-state index in [2.05, 4.69) is 29.5 Å². The van der Waals surface area contributed by atoms with E-state index in [1.165, 1.54) is 0 Å². The molecule has 0 atom stereocenters. The molecule has 22 heavy (non-hydrogen) atoms. The van der Waals surface area contributed by atoms with Crippen LogP contribution in [0.2, 0.25) is 10.2 Å². The van der Waals surface area contributed by atoms with Crippen molar-refractivity contribution in [1.29, 1.82) is 0 Å². The van der Waals surface area contributed by atoms with E-state index in [0.29, 0.717) is 35.8 Å². The van der Waals surface area contributed by atoms with E-state index in [-0.39, 0.29) is 0 Å². The second-order valence-electron chi connectivity index (χ2n) is 5.48. The highest BCUT2D eigenvalue weighted by Gasteiger charge is 2.09. The number of ether oxygens (including phenoxy) is 1. The van der Waals surface area contributed by atoms with E-state index in [0.717, 1.165) is 24.7 Å². The molecule has 0 radical (unpaired) electrons. The number of halogens is 2. The number of aromatic nitrogens is 1. The van der Waals surface area contributed by atoms with Gasteiger partial charge in [0.05, 0.1) is 18.2 Å². The molecule has 0 saturated heterocycles. The molecule has 2 N–H and O–H groups in total. The lowest BCUT2D eigenvalue weighted by atomic mass is 10.1. The van der Waals surface area contributed by atoms with Crippen LogP contribution in [0.3, 0.4) is 0 Å². The first-order valence-electron chi connectivity index (χ1n) is 7.47. The summed E-state index contributed by atoms with van der Waals surface area (Å²) in [5.41, 5.74) is 0.992. The maximum absolute atomic E-state index is 6.04. The molecule has 0 unspecified atom stereocenters. The monoisotopic (exact) mass is 348 g/mol. The molecule has 0 aliphatic carbocycles. The van der Waals surface area contributed by atoms with Crippen molar-refractivity contribution >= 4 is 29.2 Å². The van der Waals surface area contributed by atoms with E-state index in [1.807, 2.05) is 17.7 Å². The second-order valence-corrected chi connectivity index (χ2v) is 6.25. The molecule has 0 fully saturated rings. The first-order valence-corrected chi connectivity index (χ1v) is 8.23. The number of rotatable bonds is 8. The molecule has 0 spiro atoms. The lowest BCUT2D eigenvalue weighted by molar-refractivity contribution is 0.128. The van der Waals surface area contributed by atoms with E-state index in [4.69, 9.17) is 27.9 Å². The molecule has 0 aromatic carbocycles. The van der Waals surface area contributed by atoms with Crippen LogP contribution < -0.4 is 10.6 Å². The van der Waals surface area contributed by atoms with Crippen LogP contribution in [0.5, 0.6) is 0 Å². The van der Waals surface area contributed by atoms with Gasteiger partial charge in [-0.05, 0) is 18.4 Å². The summed E-state index contributed by atoms with van der Waals surface area (Å²) in [6.45, 7) is 7.15. The van der Waals surface area contributed by atoms with Gasteiger partial charge in [0.1, 0.15) is 5.15 Å². The Balaban J connectivity index is 2.27. The van der Waals surface area contributed by atoms with Gasteiger partial charge >= 0.3 is 0 Å². The summed E-state index contributed by atoms with van der Waals surface area (Å²) in [5.74, 6) is 1.40. The molecule has 1 rings (SSSR count). The minimum absolute atomic E-state index is 0.542. The zero-order valence-corrected chi connectivity index (χ0v) is 15.3. The minimum Gasteiger partial charge on any atom is -0.380 e. The average molecular weight is 349 g/mol. The Labute approximate surface area is 143 Å². The fourth-order valence-electron chi connectivity index (χ4n) is 1.82. The van der Waals surface area contributed by atoms with Crippen LogP contribution in [0, 0.1) is 5.92 Å². The smallest absolute Gasteiger partial charge is 0.191 e. The molecular formula is C15H26Cl2N4O. The summed E-state index contributed by atoms with van der Waals surface area (Å²) in [6, 6.07) is 1.85. The lowest BCUT2D eigenvalue weighted by Gasteiger charge is -2.13. The third kappa shape index (κ3) is 6.46. The third-order valence-electron chi connectivity index (χ3n) is 3.25.